The average Bonchev–Trinajstić information content (AvgIpc) is 2.37. The summed E-state index contributed by atoms with van der Waals surface area (Å²) in [6.07, 6.45) is -1.69. The van der Waals surface area contributed by atoms with E-state index in [1.54, 1.807) is 0 Å². The average molecular weight is 318 g/mol. The van der Waals surface area contributed by atoms with Crippen molar-refractivity contribution >= 4 is 9.84 Å². The maximum atomic E-state index is 13.0. The monoisotopic (exact) mass is 318 g/mol. The van der Waals surface area contributed by atoms with Crippen molar-refractivity contribution in [3.05, 3.63) is 42.4 Å². The van der Waals surface area contributed by atoms with E-state index in [-0.39, 0.29) is 5.88 Å². The van der Waals surface area contributed by atoms with Gasteiger partial charge in [0.15, 0.2) is 9.84 Å². The van der Waals surface area contributed by atoms with Crippen molar-refractivity contribution in [1.82, 2.24) is 9.97 Å². The Labute approximate surface area is 118 Å². The van der Waals surface area contributed by atoms with E-state index in [1.165, 1.54) is 12.3 Å². The minimum Gasteiger partial charge on any atom is -0.438 e. The normalized spacial score (nSPS) is 12.2. The highest BCUT2D eigenvalue weighted by molar-refractivity contribution is 7.90. The molecule has 0 aliphatic carbocycles. The SMILES string of the molecule is CS(=O)(=O)c1c(Oc2ccncn2)cccc1C(F)(F)F. The van der Waals surface area contributed by atoms with Crippen LogP contribution in [0.15, 0.2) is 41.7 Å². The number of alkyl halides is 3. The van der Waals surface area contributed by atoms with E-state index in [9.17, 15) is 21.6 Å². The van der Waals surface area contributed by atoms with Crippen LogP contribution in [0.3, 0.4) is 0 Å². The summed E-state index contributed by atoms with van der Waals surface area (Å²) in [6.45, 7) is 0. The van der Waals surface area contributed by atoms with Gasteiger partial charge in [-0.3, -0.25) is 0 Å². The van der Waals surface area contributed by atoms with E-state index in [4.69, 9.17) is 4.74 Å². The summed E-state index contributed by atoms with van der Waals surface area (Å²) in [5.74, 6) is -0.500. The van der Waals surface area contributed by atoms with Gasteiger partial charge in [-0.2, -0.15) is 13.2 Å². The molecule has 1 aromatic heterocycles. The zero-order valence-corrected chi connectivity index (χ0v) is 11.4. The van der Waals surface area contributed by atoms with Crippen molar-refractivity contribution in [2.45, 2.75) is 11.1 Å². The molecule has 0 bridgehead atoms. The van der Waals surface area contributed by atoms with E-state index in [1.807, 2.05) is 0 Å². The summed E-state index contributed by atoms with van der Waals surface area (Å²) in [4.78, 5) is 6.39. The number of rotatable bonds is 3. The molecule has 0 N–H and O–H groups in total. The lowest BCUT2D eigenvalue weighted by molar-refractivity contribution is -0.140. The summed E-state index contributed by atoms with van der Waals surface area (Å²) in [7, 11) is -4.16. The molecule has 2 aromatic rings. The first kappa shape index (κ1) is 15.2. The molecule has 9 heteroatoms. The molecule has 0 spiro atoms. The van der Waals surface area contributed by atoms with Crippen LogP contribution < -0.4 is 4.74 Å². The molecular formula is C12H9F3N2O3S. The van der Waals surface area contributed by atoms with Crippen LogP contribution in [0, 0.1) is 0 Å². The molecule has 112 valence electrons. The smallest absolute Gasteiger partial charge is 0.417 e. The zero-order valence-electron chi connectivity index (χ0n) is 10.6. The summed E-state index contributed by atoms with van der Waals surface area (Å²) in [6, 6.07) is 4.18. The molecule has 0 aliphatic rings. The van der Waals surface area contributed by atoms with Crippen LogP contribution in [0.2, 0.25) is 0 Å². The Morgan fingerprint density at radius 3 is 2.43 bits per heavy atom. The molecule has 1 heterocycles. The van der Waals surface area contributed by atoms with Gasteiger partial charge in [0.25, 0.3) is 0 Å². The second kappa shape index (κ2) is 5.32. The number of sulfone groups is 1. The summed E-state index contributed by atoms with van der Waals surface area (Å²) < 4.78 is 67.4. The molecule has 0 fully saturated rings. The number of benzene rings is 1. The predicted molar refractivity (Wildman–Crippen MR) is 66.7 cm³/mol. The van der Waals surface area contributed by atoms with E-state index in [0.29, 0.717) is 12.3 Å². The van der Waals surface area contributed by atoms with Crippen LogP contribution >= 0.6 is 0 Å². The fourth-order valence-corrected chi connectivity index (χ4v) is 2.71. The number of ether oxygens (including phenoxy) is 1. The Kier molecular flexibility index (Phi) is 3.86. The van der Waals surface area contributed by atoms with Gasteiger partial charge < -0.3 is 4.74 Å². The Bertz CT molecular complexity index is 746. The largest absolute Gasteiger partial charge is 0.438 e. The van der Waals surface area contributed by atoms with Crippen LogP contribution in [-0.4, -0.2) is 24.6 Å². The number of halogens is 3. The zero-order chi connectivity index (χ0) is 15.7. The van der Waals surface area contributed by atoms with Crippen molar-refractivity contribution in [3.8, 4) is 11.6 Å². The van der Waals surface area contributed by atoms with Crippen LogP contribution in [-0.2, 0) is 16.0 Å². The lowest BCUT2D eigenvalue weighted by atomic mass is 10.2. The van der Waals surface area contributed by atoms with Gasteiger partial charge in [-0.1, -0.05) is 6.07 Å². The van der Waals surface area contributed by atoms with Crippen molar-refractivity contribution in [1.29, 1.82) is 0 Å². The van der Waals surface area contributed by atoms with Gasteiger partial charge in [0, 0.05) is 18.5 Å². The topological polar surface area (TPSA) is 69.2 Å². The van der Waals surface area contributed by atoms with Crippen LogP contribution in [0.25, 0.3) is 0 Å². The third-order valence-electron chi connectivity index (χ3n) is 2.42. The minimum absolute atomic E-state index is 0.0609. The minimum atomic E-state index is -4.82. The van der Waals surface area contributed by atoms with Crippen LogP contribution in [0.4, 0.5) is 13.2 Å². The Morgan fingerprint density at radius 2 is 1.90 bits per heavy atom. The number of hydrogen-bond acceptors (Lipinski definition) is 5. The summed E-state index contributed by atoms with van der Waals surface area (Å²) in [5.41, 5.74) is -1.28. The van der Waals surface area contributed by atoms with Crippen molar-refractivity contribution in [2.75, 3.05) is 6.26 Å². The molecule has 1 aromatic carbocycles. The van der Waals surface area contributed by atoms with Crippen LogP contribution in [0.1, 0.15) is 5.56 Å². The molecule has 0 amide bonds. The van der Waals surface area contributed by atoms with E-state index >= 15 is 0 Å². The van der Waals surface area contributed by atoms with Gasteiger partial charge >= 0.3 is 6.18 Å². The van der Waals surface area contributed by atoms with Gasteiger partial charge in [0.05, 0.1) is 5.56 Å². The molecule has 0 atom stereocenters. The van der Waals surface area contributed by atoms with E-state index in [2.05, 4.69) is 9.97 Å². The van der Waals surface area contributed by atoms with Crippen molar-refractivity contribution in [2.24, 2.45) is 0 Å². The molecule has 0 saturated heterocycles. The first-order valence-electron chi connectivity index (χ1n) is 5.54. The van der Waals surface area contributed by atoms with Crippen LogP contribution in [0.5, 0.6) is 11.6 Å². The quantitative estimate of drug-likeness (QED) is 0.870. The third-order valence-corrected chi connectivity index (χ3v) is 3.59. The Hall–Kier alpha value is -2.16. The lowest BCUT2D eigenvalue weighted by Crippen LogP contribution is -2.13. The maximum absolute atomic E-state index is 13.0. The molecule has 21 heavy (non-hydrogen) atoms. The summed E-state index contributed by atoms with van der Waals surface area (Å²) in [5, 5.41) is 0. The van der Waals surface area contributed by atoms with E-state index < -0.39 is 32.2 Å². The number of hydrogen-bond donors (Lipinski definition) is 0. The third kappa shape index (κ3) is 3.48. The molecule has 0 aliphatic heterocycles. The Balaban J connectivity index is 2.62. The first-order valence-corrected chi connectivity index (χ1v) is 7.43. The molecule has 2 rings (SSSR count). The first-order chi connectivity index (χ1) is 9.69. The molecule has 0 unspecified atom stereocenters. The number of nitrogens with zero attached hydrogens (tertiary/aromatic N) is 2. The Morgan fingerprint density at radius 1 is 1.19 bits per heavy atom. The van der Waals surface area contributed by atoms with Gasteiger partial charge in [0.1, 0.15) is 17.0 Å². The predicted octanol–water partition coefficient (Wildman–Crippen LogP) is 2.69. The maximum Gasteiger partial charge on any atom is 0.417 e. The highest BCUT2D eigenvalue weighted by Crippen LogP contribution is 2.39. The second-order valence-corrected chi connectivity index (χ2v) is 6.01. The lowest BCUT2D eigenvalue weighted by Gasteiger charge is -2.15. The van der Waals surface area contributed by atoms with Gasteiger partial charge in [-0.05, 0) is 12.1 Å². The van der Waals surface area contributed by atoms with Gasteiger partial charge in [-0.15, -0.1) is 0 Å². The number of aromatic nitrogens is 2. The highest BCUT2D eigenvalue weighted by atomic mass is 32.2. The molecule has 0 saturated carbocycles. The highest BCUT2D eigenvalue weighted by Gasteiger charge is 2.38. The second-order valence-electron chi connectivity index (χ2n) is 4.05. The fourth-order valence-electron chi connectivity index (χ4n) is 1.65. The molecular weight excluding hydrogens is 309 g/mol. The molecule has 5 nitrogen and oxygen atoms in total. The van der Waals surface area contributed by atoms with Crippen molar-refractivity contribution in [3.63, 3.8) is 0 Å². The van der Waals surface area contributed by atoms with E-state index in [0.717, 1.165) is 18.5 Å². The van der Waals surface area contributed by atoms with Gasteiger partial charge in [0.2, 0.25) is 5.88 Å². The fraction of sp³-hybridized carbons (Fsp3) is 0.167. The van der Waals surface area contributed by atoms with Crippen molar-refractivity contribution < 1.29 is 26.3 Å². The molecule has 0 radical (unpaired) electrons. The summed E-state index contributed by atoms with van der Waals surface area (Å²) >= 11 is 0. The standard InChI is InChI=1S/C12H9F3N2O3S/c1-21(18,19)11-8(12(13,14)15)3-2-4-9(11)20-10-5-6-16-7-17-10/h2-7H,1H3. The van der Waals surface area contributed by atoms with Gasteiger partial charge in [-0.25, -0.2) is 18.4 Å².